The van der Waals surface area contributed by atoms with Gasteiger partial charge in [0, 0.05) is 36.9 Å². The minimum atomic E-state index is 0.636. The molecule has 0 aliphatic heterocycles. The second kappa shape index (κ2) is 14.8. The van der Waals surface area contributed by atoms with E-state index >= 15 is 0 Å². The van der Waals surface area contributed by atoms with E-state index < -0.39 is 0 Å². The Hall–Kier alpha value is -7.53. The minimum absolute atomic E-state index is 0.636. The molecule has 0 aliphatic carbocycles. The van der Waals surface area contributed by atoms with Crippen LogP contribution in [0.15, 0.2) is 212 Å². The van der Waals surface area contributed by atoms with Gasteiger partial charge in [0.05, 0.1) is 0 Å². The third-order valence-corrected chi connectivity index (χ3v) is 12.4. The number of hydrogen-bond acceptors (Lipinski definition) is 4. The third-order valence-electron chi connectivity index (χ3n) is 11.2. The highest BCUT2D eigenvalue weighted by atomic mass is 32.1. The molecule has 0 bridgehead atoms. The van der Waals surface area contributed by atoms with Crippen LogP contribution in [0, 0.1) is 0 Å². The van der Waals surface area contributed by atoms with E-state index in [4.69, 9.17) is 15.0 Å². The van der Waals surface area contributed by atoms with E-state index in [0.717, 1.165) is 33.2 Å². The lowest BCUT2D eigenvalue weighted by Crippen LogP contribution is -2.00. The number of fused-ring (bicyclic) bond motifs is 4. The Labute approximate surface area is 346 Å². The highest BCUT2D eigenvalue weighted by Crippen LogP contribution is 2.44. The zero-order valence-electron chi connectivity index (χ0n) is 32.0. The van der Waals surface area contributed by atoms with Gasteiger partial charge < -0.3 is 0 Å². The molecule has 59 heavy (non-hydrogen) atoms. The largest absolute Gasteiger partial charge is 0.208 e. The summed E-state index contributed by atoms with van der Waals surface area (Å²) >= 11 is 1.82. The lowest BCUT2D eigenvalue weighted by atomic mass is 9.97. The van der Waals surface area contributed by atoms with E-state index in [0.29, 0.717) is 17.5 Å². The Morgan fingerprint density at radius 1 is 0.271 bits per heavy atom. The molecule has 2 aromatic heterocycles. The van der Waals surface area contributed by atoms with Crippen LogP contribution in [0.2, 0.25) is 0 Å². The Bertz CT molecular complexity index is 3280. The summed E-state index contributed by atoms with van der Waals surface area (Å²) in [7, 11) is 0. The van der Waals surface area contributed by atoms with Crippen LogP contribution in [0.3, 0.4) is 0 Å². The second-order valence-electron chi connectivity index (χ2n) is 14.8. The van der Waals surface area contributed by atoms with Crippen molar-refractivity contribution < 1.29 is 0 Å². The molecule has 0 N–H and O–H groups in total. The van der Waals surface area contributed by atoms with Gasteiger partial charge in [-0.05, 0) is 61.3 Å². The van der Waals surface area contributed by atoms with Gasteiger partial charge in [0.2, 0.25) is 0 Å². The topological polar surface area (TPSA) is 38.7 Å². The Kier molecular flexibility index (Phi) is 8.68. The highest BCUT2D eigenvalue weighted by molar-refractivity contribution is 7.26. The lowest BCUT2D eigenvalue weighted by Gasteiger charge is -2.11. The minimum Gasteiger partial charge on any atom is -0.208 e. The predicted octanol–water partition coefficient (Wildman–Crippen LogP) is 15.1. The summed E-state index contributed by atoms with van der Waals surface area (Å²) in [6, 6.07) is 75.2. The maximum absolute atomic E-state index is 5.25. The number of benzene rings is 9. The predicted molar refractivity (Wildman–Crippen MR) is 248 cm³/mol. The molecule has 0 atom stereocenters. The summed E-state index contributed by atoms with van der Waals surface area (Å²) in [4.78, 5) is 15.6. The molecule has 2 heterocycles. The van der Waals surface area contributed by atoms with Crippen LogP contribution >= 0.6 is 11.3 Å². The molecular formula is C55H35N3S. The van der Waals surface area contributed by atoms with Gasteiger partial charge in [-0.25, -0.2) is 15.0 Å². The van der Waals surface area contributed by atoms with Gasteiger partial charge in [-0.1, -0.05) is 206 Å². The second-order valence-corrected chi connectivity index (χ2v) is 15.8. The zero-order chi connectivity index (χ0) is 39.1. The van der Waals surface area contributed by atoms with Crippen molar-refractivity contribution in [3.8, 4) is 78.7 Å². The van der Waals surface area contributed by atoms with Crippen LogP contribution in [0.5, 0.6) is 0 Å². The lowest BCUT2D eigenvalue weighted by molar-refractivity contribution is 1.08. The molecular weight excluding hydrogens is 735 g/mol. The molecule has 0 amide bonds. The molecule has 0 saturated heterocycles. The van der Waals surface area contributed by atoms with Gasteiger partial charge in [0.25, 0.3) is 0 Å². The number of rotatable bonds is 7. The molecule has 11 aromatic rings. The summed E-state index contributed by atoms with van der Waals surface area (Å²) in [5, 5.41) is 4.81. The Morgan fingerprint density at radius 2 is 0.695 bits per heavy atom. The molecule has 0 unspecified atom stereocenters. The number of hydrogen-bond donors (Lipinski definition) is 0. The normalized spacial score (nSPS) is 11.4. The van der Waals surface area contributed by atoms with Crippen molar-refractivity contribution in [1.82, 2.24) is 15.0 Å². The van der Waals surface area contributed by atoms with Crippen molar-refractivity contribution in [3.63, 3.8) is 0 Å². The molecule has 276 valence electrons. The number of thiophene rings is 1. The number of nitrogens with zero attached hydrogens (tertiary/aromatic N) is 3. The quantitative estimate of drug-likeness (QED) is 0.162. The van der Waals surface area contributed by atoms with E-state index in [-0.39, 0.29) is 0 Å². The van der Waals surface area contributed by atoms with E-state index in [1.54, 1.807) is 0 Å². The fourth-order valence-corrected chi connectivity index (χ4v) is 9.47. The molecule has 9 aromatic carbocycles. The Balaban J connectivity index is 1.04. The monoisotopic (exact) mass is 769 g/mol. The van der Waals surface area contributed by atoms with Crippen LogP contribution in [0.25, 0.3) is 110 Å². The first-order valence-electron chi connectivity index (χ1n) is 19.8. The highest BCUT2D eigenvalue weighted by Gasteiger charge is 2.19. The van der Waals surface area contributed by atoms with Gasteiger partial charge in [-0.15, -0.1) is 11.3 Å². The Morgan fingerprint density at radius 3 is 1.34 bits per heavy atom. The first-order chi connectivity index (χ1) is 29.2. The van der Waals surface area contributed by atoms with Crippen molar-refractivity contribution in [3.05, 3.63) is 212 Å². The molecule has 0 radical (unpaired) electrons. The SMILES string of the molecule is c1ccc(-c2ccc(-c3nc(-c4ccc(-c5cccc6ccccc56)cc4)nc(-c4cccc5sc6c(-c7ccc(-c8ccccc8)cc7)cccc6c45)n3)cc2)cc1. The summed E-state index contributed by atoms with van der Waals surface area (Å²) < 4.78 is 2.44. The van der Waals surface area contributed by atoms with Crippen LogP contribution in [-0.2, 0) is 0 Å². The van der Waals surface area contributed by atoms with Crippen molar-refractivity contribution >= 4 is 42.3 Å². The van der Waals surface area contributed by atoms with Gasteiger partial charge >= 0.3 is 0 Å². The van der Waals surface area contributed by atoms with E-state index in [1.807, 2.05) is 17.4 Å². The molecule has 0 fully saturated rings. The van der Waals surface area contributed by atoms with Crippen molar-refractivity contribution in [1.29, 1.82) is 0 Å². The summed E-state index contributed by atoms with van der Waals surface area (Å²) in [6.07, 6.45) is 0. The van der Waals surface area contributed by atoms with Crippen molar-refractivity contribution in [2.24, 2.45) is 0 Å². The van der Waals surface area contributed by atoms with Gasteiger partial charge in [-0.3, -0.25) is 0 Å². The third kappa shape index (κ3) is 6.46. The summed E-state index contributed by atoms with van der Waals surface area (Å²) in [5.41, 5.74) is 12.4. The van der Waals surface area contributed by atoms with Crippen LogP contribution in [0.1, 0.15) is 0 Å². The molecule has 3 nitrogen and oxygen atoms in total. The molecule has 0 spiro atoms. The first kappa shape index (κ1) is 34.7. The smallest absolute Gasteiger partial charge is 0.164 e. The van der Waals surface area contributed by atoms with Crippen molar-refractivity contribution in [2.75, 3.05) is 0 Å². The van der Waals surface area contributed by atoms with Gasteiger partial charge in [0.15, 0.2) is 17.5 Å². The van der Waals surface area contributed by atoms with E-state index in [2.05, 4.69) is 206 Å². The fourth-order valence-electron chi connectivity index (χ4n) is 8.21. The van der Waals surface area contributed by atoms with Crippen LogP contribution in [-0.4, -0.2) is 15.0 Å². The van der Waals surface area contributed by atoms with Crippen molar-refractivity contribution in [2.45, 2.75) is 0 Å². The molecule has 0 saturated carbocycles. The van der Waals surface area contributed by atoms with E-state index in [1.165, 1.54) is 58.9 Å². The average Bonchev–Trinajstić information content (AvgIpc) is 3.71. The first-order valence-corrected chi connectivity index (χ1v) is 20.7. The van der Waals surface area contributed by atoms with Gasteiger partial charge in [0.1, 0.15) is 0 Å². The maximum atomic E-state index is 5.25. The van der Waals surface area contributed by atoms with Crippen LogP contribution < -0.4 is 0 Å². The molecule has 4 heteroatoms. The maximum Gasteiger partial charge on any atom is 0.164 e. The van der Waals surface area contributed by atoms with Crippen LogP contribution in [0.4, 0.5) is 0 Å². The molecule has 11 rings (SSSR count). The summed E-state index contributed by atoms with van der Waals surface area (Å²) in [6.45, 7) is 0. The number of aromatic nitrogens is 3. The fraction of sp³-hybridized carbons (Fsp3) is 0. The van der Waals surface area contributed by atoms with E-state index in [9.17, 15) is 0 Å². The summed E-state index contributed by atoms with van der Waals surface area (Å²) in [5.74, 6) is 1.92. The zero-order valence-corrected chi connectivity index (χ0v) is 32.8. The van der Waals surface area contributed by atoms with Gasteiger partial charge in [-0.2, -0.15) is 0 Å². The molecule has 0 aliphatic rings. The average molecular weight is 770 g/mol. The standard InChI is InChI=1S/C55H35N3S/c1-3-12-36(13-4-1)38-24-28-42(29-25-38)47-20-10-21-48-51-49(22-11-23-50(51)59-52(47)48)55-57-53(43-32-26-39(27-33-43)37-14-5-2-6-15-37)56-54(58-55)44-34-30-41(31-35-44)46-19-9-17-40-16-7-8-18-45(40)46/h1-35H.